The Hall–Kier alpha value is -4.33. The second kappa shape index (κ2) is 10.8. The number of para-hydroxylation sites is 1. The van der Waals surface area contributed by atoms with E-state index < -0.39 is 0 Å². The zero-order valence-electron chi connectivity index (χ0n) is 22.2. The normalized spacial score (nSPS) is 14.5. The first-order valence-electron chi connectivity index (χ1n) is 13.5. The number of fused-ring (bicyclic) bond motifs is 2. The lowest BCUT2D eigenvalue weighted by atomic mass is 10.1. The fraction of sp³-hybridized carbons (Fsp3) is 0.290. The van der Waals surface area contributed by atoms with Crippen molar-refractivity contribution in [3.63, 3.8) is 0 Å². The van der Waals surface area contributed by atoms with Crippen LogP contribution in [0.4, 0.5) is 10.3 Å². The lowest BCUT2D eigenvalue weighted by molar-refractivity contribution is 0.258. The van der Waals surface area contributed by atoms with Crippen LogP contribution >= 0.6 is 0 Å². The van der Waals surface area contributed by atoms with Crippen LogP contribution in [-0.2, 0) is 6.42 Å². The van der Waals surface area contributed by atoms with Crippen LogP contribution < -0.4 is 10.1 Å². The van der Waals surface area contributed by atoms with Crippen LogP contribution in [0.15, 0.2) is 66.9 Å². The van der Waals surface area contributed by atoms with Gasteiger partial charge >= 0.3 is 0 Å². The number of nitrogens with zero attached hydrogens (tertiary/aromatic N) is 5. The molecular formula is C31H31FN6O. The molecule has 0 saturated heterocycles. The van der Waals surface area contributed by atoms with Crippen molar-refractivity contribution in [2.75, 3.05) is 18.5 Å². The third-order valence-electron chi connectivity index (χ3n) is 7.12. The van der Waals surface area contributed by atoms with E-state index in [1.807, 2.05) is 43.3 Å². The Morgan fingerprint density at radius 3 is 2.74 bits per heavy atom. The summed E-state index contributed by atoms with van der Waals surface area (Å²) in [6, 6.07) is 18.5. The highest BCUT2D eigenvalue weighted by Crippen LogP contribution is 2.40. The fourth-order valence-corrected chi connectivity index (χ4v) is 5.21. The molecule has 4 heterocycles. The van der Waals surface area contributed by atoms with Crippen LogP contribution in [0.2, 0.25) is 0 Å². The summed E-state index contributed by atoms with van der Waals surface area (Å²) in [6.07, 6.45) is 5.64. The van der Waals surface area contributed by atoms with E-state index in [4.69, 9.17) is 14.7 Å². The topological polar surface area (TPSA) is 77.8 Å². The number of halogens is 1. The molecule has 0 bridgehead atoms. The highest BCUT2D eigenvalue weighted by atomic mass is 19.1. The van der Waals surface area contributed by atoms with Crippen LogP contribution in [0.25, 0.3) is 33.5 Å². The molecule has 1 aliphatic rings. The van der Waals surface area contributed by atoms with E-state index in [-0.39, 0.29) is 11.9 Å². The van der Waals surface area contributed by atoms with Crippen LogP contribution in [0.1, 0.15) is 43.7 Å². The second-order valence-electron chi connectivity index (χ2n) is 9.93. The fourth-order valence-electron chi connectivity index (χ4n) is 5.21. The molecule has 1 N–H and O–H groups in total. The quantitative estimate of drug-likeness (QED) is 0.215. The van der Waals surface area contributed by atoms with Gasteiger partial charge in [0.2, 0.25) is 5.95 Å². The minimum Gasteiger partial charge on any atom is -0.491 e. The van der Waals surface area contributed by atoms with Gasteiger partial charge in [-0.3, -0.25) is 4.98 Å². The predicted molar refractivity (Wildman–Crippen MR) is 151 cm³/mol. The molecule has 0 radical (unpaired) electrons. The van der Waals surface area contributed by atoms with Gasteiger partial charge in [-0.25, -0.2) is 19.3 Å². The number of hydrogen-bond donors (Lipinski definition) is 1. The van der Waals surface area contributed by atoms with Crippen molar-refractivity contribution in [3.05, 3.63) is 84.2 Å². The van der Waals surface area contributed by atoms with Crippen molar-refractivity contribution in [1.29, 1.82) is 0 Å². The molecule has 3 aromatic heterocycles. The van der Waals surface area contributed by atoms with E-state index in [0.29, 0.717) is 12.6 Å². The minimum atomic E-state index is -0.275. The summed E-state index contributed by atoms with van der Waals surface area (Å²) < 4.78 is 22.5. The van der Waals surface area contributed by atoms with Gasteiger partial charge < -0.3 is 14.6 Å². The zero-order valence-corrected chi connectivity index (χ0v) is 22.2. The molecule has 5 aromatic rings. The van der Waals surface area contributed by atoms with Gasteiger partial charge in [0.15, 0.2) is 0 Å². The monoisotopic (exact) mass is 522 g/mol. The summed E-state index contributed by atoms with van der Waals surface area (Å²) in [4.78, 5) is 19.0. The van der Waals surface area contributed by atoms with Gasteiger partial charge in [0.25, 0.3) is 0 Å². The van der Waals surface area contributed by atoms with Crippen molar-refractivity contribution in [2.45, 2.75) is 45.6 Å². The minimum absolute atomic E-state index is 0.0652. The maximum atomic E-state index is 13.8. The molecule has 0 amide bonds. The van der Waals surface area contributed by atoms with E-state index in [1.165, 1.54) is 12.1 Å². The number of aryl methyl sites for hydroxylation is 2. The lowest BCUT2D eigenvalue weighted by Gasteiger charge is -2.19. The van der Waals surface area contributed by atoms with E-state index in [2.05, 4.69) is 26.8 Å². The number of pyridine rings is 1. The van der Waals surface area contributed by atoms with Crippen molar-refractivity contribution in [2.24, 2.45) is 0 Å². The smallest absolute Gasteiger partial charge is 0.223 e. The van der Waals surface area contributed by atoms with Crippen molar-refractivity contribution >= 4 is 16.9 Å². The Morgan fingerprint density at radius 2 is 1.90 bits per heavy atom. The molecule has 7 nitrogen and oxygen atoms in total. The number of aromatic nitrogens is 5. The second-order valence-corrected chi connectivity index (χ2v) is 9.93. The third kappa shape index (κ3) is 5.06. The standard InChI is InChI=1S/C31H31FN6O/c1-3-4-16-33-31-34-17-15-26(36-31)30-29(21-9-11-22(32)12-10-21)37-28-14-13-23(38(28)30)19-39-27-18-20(2)35-25-8-6-5-7-24(25)27/h5-12,15,17-18,23H,3-4,13-14,16,19H2,1-2H3,(H,33,34,36). The number of hydrogen-bond acceptors (Lipinski definition) is 6. The molecule has 0 aliphatic carbocycles. The first-order chi connectivity index (χ1) is 19.1. The average Bonchev–Trinajstić information content (AvgIpc) is 3.52. The molecular weight excluding hydrogens is 491 g/mol. The van der Waals surface area contributed by atoms with E-state index >= 15 is 0 Å². The Kier molecular flexibility index (Phi) is 6.92. The number of imidazole rings is 1. The number of nitrogens with one attached hydrogen (secondary N) is 1. The molecule has 198 valence electrons. The summed E-state index contributed by atoms with van der Waals surface area (Å²) in [5.74, 6) is 2.12. The number of benzene rings is 2. The first kappa shape index (κ1) is 25.0. The van der Waals surface area contributed by atoms with Crippen LogP contribution in [0.5, 0.6) is 5.75 Å². The zero-order chi connectivity index (χ0) is 26.8. The van der Waals surface area contributed by atoms with Gasteiger partial charge in [-0.05, 0) is 62.2 Å². The Balaban J connectivity index is 1.38. The number of anilines is 1. The van der Waals surface area contributed by atoms with Gasteiger partial charge in [-0.1, -0.05) is 25.5 Å². The first-order valence-corrected chi connectivity index (χ1v) is 13.5. The van der Waals surface area contributed by atoms with Crippen LogP contribution in [-0.4, -0.2) is 37.7 Å². The van der Waals surface area contributed by atoms with Gasteiger partial charge in [0.1, 0.15) is 24.0 Å². The van der Waals surface area contributed by atoms with E-state index in [1.54, 1.807) is 18.3 Å². The van der Waals surface area contributed by atoms with Gasteiger partial charge in [-0.2, -0.15) is 0 Å². The summed E-state index contributed by atoms with van der Waals surface area (Å²) in [6.45, 7) is 5.43. The highest BCUT2D eigenvalue weighted by Gasteiger charge is 2.31. The summed E-state index contributed by atoms with van der Waals surface area (Å²) in [5.41, 5.74) is 5.16. The molecule has 6 rings (SSSR count). The number of ether oxygens (including phenoxy) is 1. The largest absolute Gasteiger partial charge is 0.491 e. The summed E-state index contributed by atoms with van der Waals surface area (Å²) >= 11 is 0. The number of rotatable bonds is 9. The molecule has 39 heavy (non-hydrogen) atoms. The SMILES string of the molecule is CCCCNc1nccc(-c2c(-c3ccc(F)cc3)nc3n2C(COc2cc(C)nc4ccccc24)CC3)n1. The van der Waals surface area contributed by atoms with E-state index in [9.17, 15) is 4.39 Å². The molecule has 1 aliphatic heterocycles. The van der Waals surface area contributed by atoms with E-state index in [0.717, 1.165) is 83.0 Å². The third-order valence-corrected chi connectivity index (χ3v) is 7.12. The maximum absolute atomic E-state index is 13.8. The molecule has 1 unspecified atom stereocenters. The Labute approximate surface area is 227 Å². The number of unbranched alkanes of at least 4 members (excludes halogenated alkanes) is 1. The summed E-state index contributed by atoms with van der Waals surface area (Å²) in [7, 11) is 0. The molecule has 0 spiro atoms. The van der Waals surface area contributed by atoms with Crippen LogP contribution in [0.3, 0.4) is 0 Å². The highest BCUT2D eigenvalue weighted by molar-refractivity contribution is 5.85. The van der Waals surface area contributed by atoms with Crippen molar-refractivity contribution in [1.82, 2.24) is 24.5 Å². The molecule has 1 atom stereocenters. The molecule has 0 saturated carbocycles. The molecule has 2 aromatic carbocycles. The van der Waals surface area contributed by atoms with Crippen LogP contribution in [0, 0.1) is 12.7 Å². The van der Waals surface area contributed by atoms with Crippen molar-refractivity contribution in [3.8, 4) is 28.4 Å². The van der Waals surface area contributed by atoms with Gasteiger partial charge in [0, 0.05) is 41.9 Å². The lowest BCUT2D eigenvalue weighted by Crippen LogP contribution is -2.16. The molecule has 8 heteroatoms. The molecule has 0 fully saturated rings. The van der Waals surface area contributed by atoms with Gasteiger partial charge in [0.05, 0.1) is 28.6 Å². The maximum Gasteiger partial charge on any atom is 0.223 e. The van der Waals surface area contributed by atoms with Gasteiger partial charge in [-0.15, -0.1) is 0 Å². The average molecular weight is 523 g/mol. The Bertz CT molecular complexity index is 1610. The Morgan fingerprint density at radius 1 is 1.05 bits per heavy atom. The predicted octanol–water partition coefficient (Wildman–Crippen LogP) is 6.78. The van der Waals surface area contributed by atoms with Crippen molar-refractivity contribution < 1.29 is 9.13 Å². The summed E-state index contributed by atoms with van der Waals surface area (Å²) in [5, 5.41) is 4.33.